The maximum atomic E-state index is 14.8. The molecule has 2 unspecified atom stereocenters. The van der Waals surface area contributed by atoms with Crippen molar-refractivity contribution in [3.05, 3.63) is 64.1 Å². The van der Waals surface area contributed by atoms with Crippen LogP contribution in [-0.4, -0.2) is 28.8 Å². The fraction of sp³-hybridized carbons (Fsp3) is 0.350. The van der Waals surface area contributed by atoms with Crippen molar-refractivity contribution < 1.29 is 13.5 Å². The molecule has 2 heterocycles. The zero-order valence-electron chi connectivity index (χ0n) is 15.4. The number of likely N-dealkylation sites (N-methyl/N-ethyl adjacent to an activating group) is 1. The summed E-state index contributed by atoms with van der Waals surface area (Å²) in [6, 6.07) is 8.24. The molecule has 1 aliphatic heterocycles. The summed E-state index contributed by atoms with van der Waals surface area (Å²) in [6.07, 6.45) is -0.463. The highest BCUT2D eigenvalue weighted by atomic mass is 19.1. The molecule has 0 radical (unpaired) electrons. The van der Waals surface area contributed by atoms with Crippen LogP contribution in [0.5, 0.6) is 5.75 Å². The molecule has 5 nitrogen and oxygen atoms in total. The summed E-state index contributed by atoms with van der Waals surface area (Å²) >= 11 is 0. The normalized spacial score (nSPS) is 18.9. The van der Waals surface area contributed by atoms with Crippen LogP contribution in [0.15, 0.2) is 41.2 Å². The molecule has 0 aliphatic carbocycles. The molecule has 0 saturated carbocycles. The van der Waals surface area contributed by atoms with E-state index in [4.69, 9.17) is 4.74 Å². The van der Waals surface area contributed by atoms with E-state index in [0.717, 1.165) is 0 Å². The Balaban J connectivity index is 2.04. The highest BCUT2D eigenvalue weighted by Gasteiger charge is 2.38. The van der Waals surface area contributed by atoms with Crippen LogP contribution in [-0.2, 0) is 0 Å². The van der Waals surface area contributed by atoms with Crippen molar-refractivity contribution in [3.8, 4) is 5.75 Å². The number of nitrogens with one attached hydrogen (secondary N) is 1. The second-order valence-electron chi connectivity index (χ2n) is 7.06. The number of ether oxygens (including phenoxy) is 1. The summed E-state index contributed by atoms with van der Waals surface area (Å²) in [6.45, 7) is 4.20. The summed E-state index contributed by atoms with van der Waals surface area (Å²) < 4.78 is 37.5. The van der Waals surface area contributed by atoms with Gasteiger partial charge in [0, 0.05) is 24.2 Å². The molecule has 2 atom stereocenters. The van der Waals surface area contributed by atoms with Gasteiger partial charge in [0.2, 0.25) is 0 Å². The van der Waals surface area contributed by atoms with Crippen LogP contribution in [0.4, 0.5) is 8.78 Å². The van der Waals surface area contributed by atoms with Gasteiger partial charge in [-0.15, -0.1) is 0 Å². The molecule has 7 heteroatoms. The van der Waals surface area contributed by atoms with Gasteiger partial charge in [-0.1, -0.05) is 12.1 Å². The highest BCUT2D eigenvalue weighted by molar-refractivity contribution is 5.77. The monoisotopic (exact) mass is 373 g/mol. The number of para-hydroxylation sites is 1. The molecule has 0 bridgehead atoms. The van der Waals surface area contributed by atoms with E-state index < -0.39 is 23.8 Å². The van der Waals surface area contributed by atoms with E-state index in [1.54, 1.807) is 29.8 Å². The SMILES string of the molecule is CNCC1Oc2cc(F)ccc2C1n1c(=O)n(C(C)C)c2cccc(F)c21. The number of fused-ring (bicyclic) bond motifs is 2. The summed E-state index contributed by atoms with van der Waals surface area (Å²) in [7, 11) is 1.77. The zero-order chi connectivity index (χ0) is 19.3. The van der Waals surface area contributed by atoms with E-state index in [1.165, 1.54) is 22.8 Å². The summed E-state index contributed by atoms with van der Waals surface area (Å²) in [5.41, 5.74) is 1.14. The second kappa shape index (κ2) is 6.49. The number of halogens is 2. The van der Waals surface area contributed by atoms with Crippen LogP contribution in [0.2, 0.25) is 0 Å². The van der Waals surface area contributed by atoms with Gasteiger partial charge in [0.1, 0.15) is 35.0 Å². The molecule has 2 aromatic carbocycles. The maximum Gasteiger partial charge on any atom is 0.330 e. The zero-order valence-corrected chi connectivity index (χ0v) is 15.4. The number of hydrogen-bond acceptors (Lipinski definition) is 3. The van der Waals surface area contributed by atoms with Crippen LogP contribution in [0, 0.1) is 11.6 Å². The third-order valence-corrected chi connectivity index (χ3v) is 5.00. The molecule has 142 valence electrons. The minimum absolute atomic E-state index is 0.138. The first-order chi connectivity index (χ1) is 12.9. The molecule has 1 aliphatic rings. The van der Waals surface area contributed by atoms with E-state index in [2.05, 4.69) is 5.32 Å². The molecule has 0 saturated heterocycles. The maximum absolute atomic E-state index is 14.8. The van der Waals surface area contributed by atoms with E-state index in [1.807, 2.05) is 13.8 Å². The number of rotatable bonds is 4. The Hall–Kier alpha value is -2.67. The minimum Gasteiger partial charge on any atom is -0.486 e. The lowest BCUT2D eigenvalue weighted by Crippen LogP contribution is -2.38. The van der Waals surface area contributed by atoms with Crippen LogP contribution in [0.3, 0.4) is 0 Å². The second-order valence-corrected chi connectivity index (χ2v) is 7.06. The Kier molecular flexibility index (Phi) is 4.26. The van der Waals surface area contributed by atoms with Gasteiger partial charge in [0.25, 0.3) is 0 Å². The van der Waals surface area contributed by atoms with Crippen molar-refractivity contribution >= 4 is 11.0 Å². The third-order valence-electron chi connectivity index (χ3n) is 5.00. The summed E-state index contributed by atoms with van der Waals surface area (Å²) in [5.74, 6) is -0.502. The molecule has 0 amide bonds. The summed E-state index contributed by atoms with van der Waals surface area (Å²) in [5, 5.41) is 3.04. The molecule has 3 aromatic rings. The van der Waals surface area contributed by atoms with E-state index >= 15 is 0 Å². The molecule has 1 aromatic heterocycles. The van der Waals surface area contributed by atoms with E-state index in [-0.39, 0.29) is 17.2 Å². The standard InChI is InChI=1S/C20H21F2N3O2/c1-11(2)24-15-6-4-5-14(22)19(15)25(20(24)26)18-13-8-7-12(21)9-16(13)27-17(18)10-23-3/h4-9,11,17-18,23H,10H2,1-3H3. The molecule has 4 rings (SSSR count). The lowest BCUT2D eigenvalue weighted by Gasteiger charge is -2.20. The molecule has 0 fully saturated rings. The first-order valence-corrected chi connectivity index (χ1v) is 8.95. The van der Waals surface area contributed by atoms with E-state index in [9.17, 15) is 13.6 Å². The average molecular weight is 373 g/mol. The Labute approximate surface area is 155 Å². The van der Waals surface area contributed by atoms with Crippen molar-refractivity contribution in [3.63, 3.8) is 0 Å². The minimum atomic E-state index is -0.556. The lowest BCUT2D eigenvalue weighted by molar-refractivity contribution is 0.191. The van der Waals surface area contributed by atoms with Gasteiger partial charge in [-0.3, -0.25) is 9.13 Å². The average Bonchev–Trinajstić information content (AvgIpc) is 3.09. The quantitative estimate of drug-likeness (QED) is 0.764. The number of benzene rings is 2. The van der Waals surface area contributed by atoms with Crippen molar-refractivity contribution in [1.82, 2.24) is 14.5 Å². The first-order valence-electron chi connectivity index (χ1n) is 8.95. The van der Waals surface area contributed by atoms with Gasteiger partial charge >= 0.3 is 5.69 Å². The first kappa shape index (κ1) is 17.7. The van der Waals surface area contributed by atoms with Gasteiger partial charge in [-0.2, -0.15) is 0 Å². The molecular weight excluding hydrogens is 352 g/mol. The Morgan fingerprint density at radius 1 is 1.22 bits per heavy atom. The van der Waals surface area contributed by atoms with Gasteiger partial charge in [-0.05, 0) is 39.1 Å². The fourth-order valence-corrected chi connectivity index (χ4v) is 3.95. The summed E-state index contributed by atoms with van der Waals surface area (Å²) in [4.78, 5) is 13.3. The highest BCUT2D eigenvalue weighted by Crippen LogP contribution is 2.40. The topological polar surface area (TPSA) is 48.2 Å². The van der Waals surface area contributed by atoms with Crippen molar-refractivity contribution in [2.45, 2.75) is 32.0 Å². The number of imidazole rings is 1. The predicted molar refractivity (Wildman–Crippen MR) is 99.4 cm³/mol. The predicted octanol–water partition coefficient (Wildman–Crippen LogP) is 3.23. The van der Waals surface area contributed by atoms with E-state index in [0.29, 0.717) is 23.4 Å². The Morgan fingerprint density at radius 2 is 2.00 bits per heavy atom. The molecule has 0 spiro atoms. The van der Waals surface area contributed by atoms with Gasteiger partial charge in [0.15, 0.2) is 0 Å². The van der Waals surface area contributed by atoms with Gasteiger partial charge < -0.3 is 10.1 Å². The molecule has 1 N–H and O–H groups in total. The molecular formula is C20H21F2N3O2. The van der Waals surface area contributed by atoms with Crippen molar-refractivity contribution in [2.75, 3.05) is 13.6 Å². The Bertz CT molecular complexity index is 1070. The Morgan fingerprint density at radius 3 is 2.70 bits per heavy atom. The largest absolute Gasteiger partial charge is 0.486 e. The lowest BCUT2D eigenvalue weighted by atomic mass is 10.0. The van der Waals surface area contributed by atoms with Crippen LogP contribution in [0.25, 0.3) is 11.0 Å². The van der Waals surface area contributed by atoms with Crippen molar-refractivity contribution in [1.29, 1.82) is 0 Å². The molecule has 27 heavy (non-hydrogen) atoms. The van der Waals surface area contributed by atoms with Gasteiger partial charge in [-0.25, -0.2) is 13.6 Å². The van der Waals surface area contributed by atoms with Gasteiger partial charge in [0.05, 0.1) is 5.52 Å². The van der Waals surface area contributed by atoms with Crippen LogP contribution in [0.1, 0.15) is 31.5 Å². The van der Waals surface area contributed by atoms with Crippen LogP contribution >= 0.6 is 0 Å². The number of hydrogen-bond donors (Lipinski definition) is 1. The fourth-order valence-electron chi connectivity index (χ4n) is 3.95. The smallest absolute Gasteiger partial charge is 0.330 e. The number of aromatic nitrogens is 2. The van der Waals surface area contributed by atoms with Crippen LogP contribution < -0.4 is 15.7 Å². The third kappa shape index (κ3) is 2.65. The number of nitrogens with zero attached hydrogens (tertiary/aromatic N) is 2. The van der Waals surface area contributed by atoms with Crippen molar-refractivity contribution in [2.24, 2.45) is 0 Å².